The number of fused-ring (bicyclic) bond motifs is 3. The van der Waals surface area contributed by atoms with E-state index in [1.807, 2.05) is 0 Å². The molecule has 4 aromatic carbocycles. The zero-order valence-corrected chi connectivity index (χ0v) is 51.7. The van der Waals surface area contributed by atoms with E-state index in [9.17, 15) is 53.2 Å². The van der Waals surface area contributed by atoms with Gasteiger partial charge in [-0.25, -0.2) is 26.4 Å². The molecule has 1 aliphatic carbocycles. The van der Waals surface area contributed by atoms with E-state index in [-0.39, 0.29) is 102 Å². The third kappa shape index (κ3) is 13.4. The molecular weight excluding hydrogens is 1290 g/mol. The first-order chi connectivity index (χ1) is 42.1. The van der Waals surface area contributed by atoms with Gasteiger partial charge in [-0.05, 0) is 95.6 Å². The number of methoxy groups -OCH3 is 1. The zero-order valence-electron chi connectivity index (χ0n) is 46.0. The van der Waals surface area contributed by atoms with Crippen LogP contribution < -0.4 is 46.3 Å². The topological polar surface area (TPSA) is 336 Å². The van der Waals surface area contributed by atoms with Gasteiger partial charge in [0.15, 0.2) is 34.5 Å². The molecule has 4 N–H and O–H groups in total. The van der Waals surface area contributed by atoms with Gasteiger partial charge in [-0.2, -0.15) is 20.5 Å². The van der Waals surface area contributed by atoms with Gasteiger partial charge >= 0.3 is 12.0 Å². The smallest absolute Gasteiger partial charge is 0.331 e. The van der Waals surface area contributed by atoms with Gasteiger partial charge in [0.1, 0.15) is 31.0 Å². The van der Waals surface area contributed by atoms with Crippen LogP contribution in [-0.4, -0.2) is 132 Å². The molecule has 7 heterocycles. The molecule has 464 valence electrons. The SMILES string of the molecule is CN1CC(=O)N(CCc2cc(N(S(=O)(=O)c3cccs3)S(=O)(=O)c3cccs3)c3c(c2O)OCO3)C1=O.COc1c(/C=C/CO)c(NS(=O)(=O)c2cccs2)cc2c1OCO2.O=C(/C=C/c1cc(NS(=O)(=O)c2ccccc2)c2c(c1)OCO2)OC1CC1. The van der Waals surface area contributed by atoms with Crippen LogP contribution in [0.25, 0.3) is 12.2 Å². The average Bonchev–Trinajstić information content (AvgIpc) is 2.19. The minimum Gasteiger partial charge on any atom is -0.504 e. The van der Waals surface area contributed by atoms with Crippen LogP contribution >= 0.6 is 34.0 Å². The predicted octanol–water partition coefficient (Wildman–Crippen LogP) is 7.49. The number of anilines is 3. The van der Waals surface area contributed by atoms with Crippen molar-refractivity contribution < 1.29 is 96.2 Å². The molecule has 0 unspecified atom stereocenters. The third-order valence-electron chi connectivity index (χ3n) is 12.9. The van der Waals surface area contributed by atoms with E-state index in [1.54, 1.807) is 53.9 Å². The summed E-state index contributed by atoms with van der Waals surface area (Å²) in [4.78, 5) is 38.5. The lowest BCUT2D eigenvalue weighted by atomic mass is 10.1. The lowest BCUT2D eigenvalue weighted by molar-refractivity contribution is -0.138. The average molecular weight is 1340 g/mol. The molecule has 7 aromatic rings. The highest BCUT2D eigenvalue weighted by molar-refractivity contribution is 8.11. The van der Waals surface area contributed by atoms with Crippen LogP contribution in [0.2, 0.25) is 0 Å². The Balaban J connectivity index is 0.000000150. The molecule has 1 saturated carbocycles. The van der Waals surface area contributed by atoms with E-state index in [2.05, 4.69) is 9.44 Å². The van der Waals surface area contributed by atoms with E-state index in [1.165, 1.54) is 90.5 Å². The first kappa shape index (κ1) is 62.5. The fourth-order valence-electron chi connectivity index (χ4n) is 8.73. The Hall–Kier alpha value is -8.57. The third-order valence-corrected chi connectivity index (χ3v) is 24.0. The number of carbonyl (C=O) groups excluding carboxylic acids is 3. The summed E-state index contributed by atoms with van der Waals surface area (Å²) in [6.45, 7) is -0.802. The molecule has 12 rings (SSSR count). The second-order valence-corrected chi connectivity index (χ2v) is 29.6. The molecule has 2 fully saturated rings. The zero-order chi connectivity index (χ0) is 62.5. The van der Waals surface area contributed by atoms with Crippen molar-refractivity contribution in [3.63, 3.8) is 0 Å². The van der Waals surface area contributed by atoms with E-state index >= 15 is 0 Å². The van der Waals surface area contributed by atoms with Crippen LogP contribution in [0.1, 0.15) is 29.5 Å². The van der Waals surface area contributed by atoms with Crippen LogP contribution in [0.3, 0.4) is 0 Å². The van der Waals surface area contributed by atoms with Crippen LogP contribution in [0.15, 0.2) is 137 Å². The number of imide groups is 1. The van der Waals surface area contributed by atoms with Crippen LogP contribution in [0, 0.1) is 0 Å². The maximum Gasteiger partial charge on any atom is 0.331 e. The summed E-state index contributed by atoms with van der Waals surface area (Å²) < 4.78 is 153. The van der Waals surface area contributed by atoms with Crippen molar-refractivity contribution in [3.05, 3.63) is 136 Å². The van der Waals surface area contributed by atoms with Crippen molar-refractivity contribution in [2.24, 2.45) is 0 Å². The van der Waals surface area contributed by atoms with E-state index in [4.69, 9.17) is 43.0 Å². The maximum absolute atomic E-state index is 13.7. The highest BCUT2D eigenvalue weighted by Gasteiger charge is 2.43. The number of aliphatic hydroxyl groups is 1. The largest absolute Gasteiger partial charge is 0.504 e. The molecule has 26 nitrogen and oxygen atoms in total. The quantitative estimate of drug-likeness (QED) is 0.0326. The first-order valence-electron chi connectivity index (χ1n) is 25.9. The normalized spacial score (nSPS) is 15.0. The fourth-order valence-corrected chi connectivity index (χ4v) is 17.9. The molecular formula is C55H51N5O21S7. The summed E-state index contributed by atoms with van der Waals surface area (Å²) in [5.41, 5.74) is 1.20. The van der Waals surface area contributed by atoms with Gasteiger partial charge in [0.25, 0.3) is 40.1 Å². The van der Waals surface area contributed by atoms with Crippen molar-refractivity contribution in [1.82, 2.24) is 9.80 Å². The number of thiophene rings is 3. The van der Waals surface area contributed by atoms with Crippen LogP contribution in [-0.2, 0) is 60.8 Å². The highest BCUT2D eigenvalue weighted by atomic mass is 32.3. The van der Waals surface area contributed by atoms with Crippen LogP contribution in [0.4, 0.5) is 21.9 Å². The van der Waals surface area contributed by atoms with Gasteiger partial charge < -0.3 is 53.0 Å². The highest BCUT2D eigenvalue weighted by Crippen LogP contribution is 2.52. The number of aromatic hydroxyl groups is 1. The Kier molecular flexibility index (Phi) is 18.5. The number of hydrogen-bond donors (Lipinski definition) is 4. The summed E-state index contributed by atoms with van der Waals surface area (Å²) in [5.74, 6) is 0.0451. The number of phenols is 1. The Labute approximate surface area is 516 Å². The standard InChI is InChI=1S/C21H19N3O9S4.C19H17NO6S.C15H15NO6S2/c1-22-11-15(25)23(21(22)27)7-6-13-10-14(19-20(18(13)26)33-12-32-19)24(36(28,29)16-4-2-8-34-16)37(30,31)17-5-3-9-35-17;21-18(26-14-7-8-14)9-6-13-10-16(19-17(11-13)24-12-25-19)20-27(22,23)15-4-2-1-3-5-15;1-20-14-10(4-2-6-17)11(8-12-15(14)22-9-21-12)16-24(18,19)13-5-3-7-23-13/h2-5,8-10,26H,6-7,11-12H2,1H3;1-6,9-11,14,20H,7-8,12H2;2-5,7-8,16-17H,6,9H2,1H3/b;9-6+;4-2+. The Bertz CT molecular complexity index is 4230. The molecule has 33 heteroatoms. The van der Waals surface area contributed by atoms with Gasteiger partial charge in [0, 0.05) is 36.9 Å². The number of hydrogen-bond acceptors (Lipinski definition) is 24. The molecule has 0 atom stereocenters. The van der Waals surface area contributed by atoms with Crippen molar-refractivity contribution >= 4 is 121 Å². The van der Waals surface area contributed by atoms with E-state index in [0.717, 1.165) is 57.8 Å². The van der Waals surface area contributed by atoms with Gasteiger partial charge in [-0.3, -0.25) is 19.1 Å². The molecule has 3 amide bonds. The molecule has 3 aromatic heterocycles. The van der Waals surface area contributed by atoms with Crippen LogP contribution in [0.5, 0.6) is 46.0 Å². The Morgan fingerprint density at radius 2 is 1.30 bits per heavy atom. The number of nitrogens with zero attached hydrogens (tertiary/aromatic N) is 3. The molecule has 1 saturated heterocycles. The lowest BCUT2D eigenvalue weighted by Gasteiger charge is -2.25. The minimum atomic E-state index is -4.67. The van der Waals surface area contributed by atoms with Gasteiger partial charge in [0.2, 0.25) is 37.8 Å². The number of sulfonamides is 4. The molecule has 0 bridgehead atoms. The number of ether oxygens (including phenoxy) is 8. The summed E-state index contributed by atoms with van der Waals surface area (Å²) in [6.07, 6.45) is 7.61. The number of urea groups is 1. The maximum atomic E-state index is 13.7. The number of esters is 1. The number of likely N-dealkylation sites (N-methyl/N-ethyl adjacent to an activating group) is 1. The monoisotopic (exact) mass is 1340 g/mol. The number of nitrogens with one attached hydrogen (secondary N) is 2. The number of benzene rings is 4. The number of amides is 3. The van der Waals surface area contributed by atoms with Gasteiger partial charge in [-0.1, -0.05) is 48.6 Å². The molecule has 0 radical (unpaired) electrons. The molecule has 5 aliphatic rings. The summed E-state index contributed by atoms with van der Waals surface area (Å²) >= 11 is 2.78. The summed E-state index contributed by atoms with van der Waals surface area (Å²) in [5, 5.41) is 24.5. The number of phenolic OH excluding ortho intramolecular Hbond substituents is 1. The molecule has 4 aliphatic heterocycles. The van der Waals surface area contributed by atoms with Crippen molar-refractivity contribution in [3.8, 4) is 46.0 Å². The number of carbonyl (C=O) groups is 3. The minimum absolute atomic E-state index is 0.00765. The first-order valence-corrected chi connectivity index (χ1v) is 34.4. The van der Waals surface area contributed by atoms with Crippen molar-refractivity contribution in [2.45, 2.75) is 42.9 Å². The summed E-state index contributed by atoms with van der Waals surface area (Å²) in [7, 11) is -14.0. The molecule has 0 spiro atoms. The number of aliphatic hydroxyl groups excluding tert-OH is 1. The Morgan fingerprint density at radius 3 is 1.89 bits per heavy atom. The van der Waals surface area contributed by atoms with E-state index in [0.29, 0.717) is 39.9 Å². The Morgan fingerprint density at radius 1 is 0.705 bits per heavy atom. The fraction of sp³-hybridized carbons (Fsp3) is 0.218. The van der Waals surface area contributed by atoms with Gasteiger partial charge in [-0.15, -0.1) is 34.0 Å². The molecule has 88 heavy (non-hydrogen) atoms. The second kappa shape index (κ2) is 26.0. The van der Waals surface area contributed by atoms with Gasteiger partial charge in [0.05, 0.1) is 30.0 Å². The van der Waals surface area contributed by atoms with Crippen molar-refractivity contribution in [1.29, 1.82) is 0 Å². The number of rotatable bonds is 20. The van der Waals surface area contributed by atoms with Crippen molar-refractivity contribution in [2.75, 3.05) is 67.4 Å². The predicted molar refractivity (Wildman–Crippen MR) is 321 cm³/mol. The lowest BCUT2D eigenvalue weighted by Crippen LogP contribution is -2.36. The van der Waals surface area contributed by atoms with E-state index < -0.39 is 69.4 Å². The summed E-state index contributed by atoms with van der Waals surface area (Å²) in [6, 6.07) is 22.1. The second-order valence-electron chi connectivity index (χ2n) is 18.9.